The number of aromatic nitrogens is 1. The molecule has 0 aromatic carbocycles. The summed E-state index contributed by atoms with van der Waals surface area (Å²) in [5, 5.41) is 13.2. The minimum Gasteiger partial charge on any atom is -0.480 e. The SMILES string of the molecule is CCCC1(C(=O)O)CCCN1S(=O)(=O)Cc1cc(C)on1. The summed E-state index contributed by atoms with van der Waals surface area (Å²) in [7, 11) is -3.74. The standard InChI is InChI=1S/C13H20N2O5S/c1-3-5-13(12(16)17)6-4-7-15(13)21(18,19)9-11-8-10(2)20-14-11/h8H,3-7,9H2,1-2H3,(H,16,17). The Hall–Kier alpha value is -1.41. The Kier molecular flexibility index (Phi) is 4.38. The van der Waals surface area contributed by atoms with Gasteiger partial charge in [-0.15, -0.1) is 0 Å². The van der Waals surface area contributed by atoms with E-state index in [1.807, 2.05) is 6.92 Å². The van der Waals surface area contributed by atoms with E-state index in [4.69, 9.17) is 4.52 Å². The van der Waals surface area contributed by atoms with Crippen molar-refractivity contribution in [2.24, 2.45) is 0 Å². The van der Waals surface area contributed by atoms with E-state index in [2.05, 4.69) is 5.16 Å². The Labute approximate surface area is 124 Å². The van der Waals surface area contributed by atoms with Crippen molar-refractivity contribution in [3.8, 4) is 0 Å². The zero-order valence-corrected chi connectivity index (χ0v) is 13.0. The summed E-state index contributed by atoms with van der Waals surface area (Å²) in [6.45, 7) is 3.78. The van der Waals surface area contributed by atoms with Gasteiger partial charge in [-0.05, 0) is 26.2 Å². The second kappa shape index (κ2) is 5.76. The van der Waals surface area contributed by atoms with Crippen LogP contribution in [0, 0.1) is 6.92 Å². The first-order chi connectivity index (χ1) is 9.82. The molecule has 0 aliphatic carbocycles. The van der Waals surface area contributed by atoms with Crippen LogP contribution in [0.2, 0.25) is 0 Å². The van der Waals surface area contributed by atoms with Crippen molar-refractivity contribution in [2.75, 3.05) is 6.54 Å². The van der Waals surface area contributed by atoms with Gasteiger partial charge in [-0.2, -0.15) is 4.31 Å². The normalized spacial score (nSPS) is 23.5. The highest BCUT2D eigenvalue weighted by atomic mass is 32.2. The third kappa shape index (κ3) is 2.96. The number of carbonyl (C=O) groups is 1. The summed E-state index contributed by atoms with van der Waals surface area (Å²) in [6, 6.07) is 1.55. The lowest BCUT2D eigenvalue weighted by Crippen LogP contribution is -2.53. The summed E-state index contributed by atoms with van der Waals surface area (Å²) >= 11 is 0. The fraction of sp³-hybridized carbons (Fsp3) is 0.692. The van der Waals surface area contributed by atoms with Crippen molar-refractivity contribution in [1.29, 1.82) is 0 Å². The Bertz CT molecular complexity index is 624. The number of carboxylic acid groups (broad SMARTS) is 1. The monoisotopic (exact) mass is 316 g/mol. The van der Waals surface area contributed by atoms with Gasteiger partial charge >= 0.3 is 5.97 Å². The van der Waals surface area contributed by atoms with Crippen LogP contribution in [0.3, 0.4) is 0 Å². The molecule has 0 radical (unpaired) electrons. The van der Waals surface area contributed by atoms with E-state index >= 15 is 0 Å². The Morgan fingerprint density at radius 2 is 2.29 bits per heavy atom. The van der Waals surface area contributed by atoms with E-state index in [9.17, 15) is 18.3 Å². The first kappa shape index (κ1) is 16.0. The van der Waals surface area contributed by atoms with Crippen molar-refractivity contribution < 1.29 is 22.8 Å². The number of hydrogen-bond acceptors (Lipinski definition) is 5. The second-order valence-electron chi connectivity index (χ2n) is 5.45. The van der Waals surface area contributed by atoms with Crippen LogP contribution in [-0.2, 0) is 20.6 Å². The molecule has 2 rings (SSSR count). The molecule has 0 amide bonds. The molecule has 0 spiro atoms. The van der Waals surface area contributed by atoms with E-state index in [0.29, 0.717) is 37.1 Å². The second-order valence-corrected chi connectivity index (χ2v) is 7.34. The van der Waals surface area contributed by atoms with E-state index in [1.54, 1.807) is 13.0 Å². The lowest BCUT2D eigenvalue weighted by molar-refractivity contribution is -0.147. The molecule has 1 aliphatic rings. The van der Waals surface area contributed by atoms with E-state index in [0.717, 1.165) is 4.31 Å². The van der Waals surface area contributed by atoms with Gasteiger partial charge in [0.1, 0.15) is 22.7 Å². The molecule has 1 atom stereocenters. The van der Waals surface area contributed by atoms with Crippen LogP contribution < -0.4 is 0 Å². The summed E-state index contributed by atoms with van der Waals surface area (Å²) in [6.07, 6.45) is 1.84. The maximum absolute atomic E-state index is 12.6. The number of rotatable bonds is 6. The van der Waals surface area contributed by atoms with Crippen molar-refractivity contribution in [3.05, 3.63) is 17.5 Å². The minimum absolute atomic E-state index is 0.242. The topological polar surface area (TPSA) is 101 Å². The molecule has 1 aromatic heterocycles. The van der Waals surface area contributed by atoms with E-state index in [-0.39, 0.29) is 12.3 Å². The predicted octanol–water partition coefficient (Wildman–Crippen LogP) is 1.53. The lowest BCUT2D eigenvalue weighted by atomic mass is 9.92. The van der Waals surface area contributed by atoms with Crippen LogP contribution in [0.5, 0.6) is 0 Å². The van der Waals surface area contributed by atoms with Gasteiger partial charge in [-0.1, -0.05) is 18.5 Å². The zero-order chi connectivity index (χ0) is 15.7. The average molecular weight is 316 g/mol. The summed E-state index contributed by atoms with van der Waals surface area (Å²) in [4.78, 5) is 11.7. The molecule has 1 aromatic rings. The molecular formula is C13H20N2O5S. The van der Waals surface area contributed by atoms with Crippen LogP contribution in [0.1, 0.15) is 44.1 Å². The van der Waals surface area contributed by atoms with Gasteiger partial charge in [0.05, 0.1) is 0 Å². The Balaban J connectivity index is 2.31. The first-order valence-corrected chi connectivity index (χ1v) is 8.59. The number of carboxylic acids is 1. The Morgan fingerprint density at radius 3 is 2.81 bits per heavy atom. The van der Waals surface area contributed by atoms with E-state index < -0.39 is 21.5 Å². The number of aliphatic carboxylic acids is 1. The highest BCUT2D eigenvalue weighted by Crippen LogP contribution is 2.37. The third-order valence-electron chi connectivity index (χ3n) is 3.83. The molecule has 21 heavy (non-hydrogen) atoms. The van der Waals surface area contributed by atoms with Crippen molar-refractivity contribution in [3.63, 3.8) is 0 Å². The smallest absolute Gasteiger partial charge is 0.325 e. The number of sulfonamides is 1. The molecule has 8 heteroatoms. The van der Waals surface area contributed by atoms with Crippen molar-refractivity contribution in [1.82, 2.24) is 9.46 Å². The van der Waals surface area contributed by atoms with Gasteiger partial charge < -0.3 is 9.63 Å². The maximum atomic E-state index is 12.6. The fourth-order valence-corrected chi connectivity index (χ4v) is 4.86. The molecule has 1 aliphatic heterocycles. The van der Waals surface area contributed by atoms with Crippen LogP contribution >= 0.6 is 0 Å². The van der Waals surface area contributed by atoms with Crippen LogP contribution in [0.15, 0.2) is 10.6 Å². The molecule has 118 valence electrons. The van der Waals surface area contributed by atoms with Gasteiger partial charge in [0, 0.05) is 12.6 Å². The first-order valence-electron chi connectivity index (χ1n) is 6.98. The molecule has 0 bridgehead atoms. The minimum atomic E-state index is -3.74. The van der Waals surface area contributed by atoms with Gasteiger partial charge in [-0.25, -0.2) is 8.42 Å². The zero-order valence-electron chi connectivity index (χ0n) is 12.2. The largest absolute Gasteiger partial charge is 0.480 e. The third-order valence-corrected chi connectivity index (χ3v) is 5.70. The van der Waals surface area contributed by atoms with Gasteiger partial charge in [0.2, 0.25) is 10.0 Å². The molecule has 1 unspecified atom stereocenters. The average Bonchev–Trinajstić information content (AvgIpc) is 2.97. The summed E-state index contributed by atoms with van der Waals surface area (Å²) < 4.78 is 31.2. The highest BCUT2D eigenvalue weighted by Gasteiger charge is 2.52. The highest BCUT2D eigenvalue weighted by molar-refractivity contribution is 7.88. The van der Waals surface area contributed by atoms with Crippen molar-refractivity contribution in [2.45, 2.75) is 50.8 Å². The fourth-order valence-electron chi connectivity index (χ4n) is 2.99. The maximum Gasteiger partial charge on any atom is 0.325 e. The summed E-state index contributed by atoms with van der Waals surface area (Å²) in [5.41, 5.74) is -1.01. The van der Waals surface area contributed by atoms with Crippen molar-refractivity contribution >= 4 is 16.0 Å². The molecule has 0 saturated carbocycles. The van der Waals surface area contributed by atoms with E-state index in [1.165, 1.54) is 0 Å². The molecule has 1 N–H and O–H groups in total. The molecule has 1 saturated heterocycles. The van der Waals surface area contributed by atoms with Gasteiger partial charge in [-0.3, -0.25) is 4.79 Å². The quantitative estimate of drug-likeness (QED) is 0.854. The molecular weight excluding hydrogens is 296 g/mol. The number of nitrogens with zero attached hydrogens (tertiary/aromatic N) is 2. The predicted molar refractivity (Wildman–Crippen MR) is 75.1 cm³/mol. The van der Waals surface area contributed by atoms with Gasteiger partial charge in [0.15, 0.2) is 0 Å². The van der Waals surface area contributed by atoms with Crippen LogP contribution in [0.25, 0.3) is 0 Å². The number of aryl methyl sites for hydroxylation is 1. The Morgan fingerprint density at radius 1 is 1.57 bits per heavy atom. The molecule has 1 fully saturated rings. The van der Waals surface area contributed by atoms with Crippen LogP contribution in [0.4, 0.5) is 0 Å². The van der Waals surface area contributed by atoms with Gasteiger partial charge in [0.25, 0.3) is 0 Å². The lowest BCUT2D eigenvalue weighted by Gasteiger charge is -2.33. The molecule has 7 nitrogen and oxygen atoms in total. The summed E-state index contributed by atoms with van der Waals surface area (Å²) in [5.74, 6) is -0.871. The number of hydrogen-bond donors (Lipinski definition) is 1. The van der Waals surface area contributed by atoms with Crippen LogP contribution in [-0.4, -0.2) is 41.0 Å². The molecule has 2 heterocycles.